The number of piperidine rings is 2. The Morgan fingerprint density at radius 3 is 2.62 bits per heavy atom. The summed E-state index contributed by atoms with van der Waals surface area (Å²) in [6.45, 7) is 3.20. The first-order valence-corrected chi connectivity index (χ1v) is 13.3. The monoisotopic (exact) mass is 499 g/mol. The third-order valence-corrected chi connectivity index (χ3v) is 8.10. The number of carbonyl (C=O) groups is 1. The van der Waals surface area contributed by atoms with Crippen molar-refractivity contribution in [2.45, 2.75) is 38.1 Å². The van der Waals surface area contributed by atoms with Crippen molar-refractivity contribution in [1.29, 1.82) is 0 Å². The van der Waals surface area contributed by atoms with Gasteiger partial charge in [0.1, 0.15) is 0 Å². The van der Waals surface area contributed by atoms with Crippen LogP contribution in [0.25, 0.3) is 22.4 Å². The Kier molecular flexibility index (Phi) is 6.66. The minimum absolute atomic E-state index is 0.0631. The number of likely N-dealkylation sites (tertiary alicyclic amines) is 1. The fraction of sp³-hybridized carbons (Fsp3) is 0.414. The third-order valence-electron chi connectivity index (χ3n) is 8.10. The number of nitrogens with zero attached hydrogens (tertiary/aromatic N) is 3. The summed E-state index contributed by atoms with van der Waals surface area (Å²) in [7, 11) is 0. The lowest BCUT2D eigenvalue weighted by molar-refractivity contribution is -0.134. The Morgan fingerprint density at radius 1 is 1.00 bits per heavy atom. The molecule has 2 N–H and O–H groups in total. The van der Waals surface area contributed by atoms with Gasteiger partial charge in [-0.3, -0.25) is 9.36 Å². The van der Waals surface area contributed by atoms with Gasteiger partial charge in [0, 0.05) is 37.2 Å². The number of amides is 1. The van der Waals surface area contributed by atoms with Crippen LogP contribution < -0.4 is 11.0 Å². The van der Waals surface area contributed by atoms with Crippen LogP contribution in [0.1, 0.15) is 37.4 Å². The number of rotatable bonds is 6. The second kappa shape index (κ2) is 10.4. The SMILES string of the molecule is O=C(C[C@@H]1CCNC[C@@H]1Cc1cc(-c2ccccc2)on1)N1CCC(n2c(=O)[nH]c3ccccc32)CC1. The van der Waals surface area contributed by atoms with Crippen LogP contribution in [0.5, 0.6) is 0 Å². The van der Waals surface area contributed by atoms with Gasteiger partial charge in [-0.15, -0.1) is 0 Å². The molecule has 2 aliphatic heterocycles. The lowest BCUT2D eigenvalue weighted by Crippen LogP contribution is -2.44. The average Bonchev–Trinajstić information content (AvgIpc) is 3.54. The topological polar surface area (TPSA) is 96.2 Å². The van der Waals surface area contributed by atoms with Crippen molar-refractivity contribution in [3.63, 3.8) is 0 Å². The summed E-state index contributed by atoms with van der Waals surface area (Å²) in [5, 5.41) is 7.82. The van der Waals surface area contributed by atoms with Crippen LogP contribution in [0.3, 0.4) is 0 Å². The number of para-hydroxylation sites is 2. The van der Waals surface area contributed by atoms with E-state index in [1.165, 1.54) is 0 Å². The Morgan fingerprint density at radius 2 is 1.78 bits per heavy atom. The highest BCUT2D eigenvalue weighted by atomic mass is 16.5. The lowest BCUT2D eigenvalue weighted by atomic mass is 9.80. The van der Waals surface area contributed by atoms with E-state index in [9.17, 15) is 9.59 Å². The highest BCUT2D eigenvalue weighted by Crippen LogP contribution is 2.30. The van der Waals surface area contributed by atoms with E-state index in [4.69, 9.17) is 4.52 Å². The number of fused-ring (bicyclic) bond motifs is 1. The molecule has 2 saturated heterocycles. The molecule has 0 bridgehead atoms. The van der Waals surface area contributed by atoms with Crippen LogP contribution in [0.15, 0.2) is 70.0 Å². The summed E-state index contributed by atoms with van der Waals surface area (Å²) in [6.07, 6.45) is 3.94. The summed E-state index contributed by atoms with van der Waals surface area (Å²) >= 11 is 0. The lowest BCUT2D eigenvalue weighted by Gasteiger charge is -2.36. The van der Waals surface area contributed by atoms with Crippen molar-refractivity contribution in [3.05, 3.63) is 76.8 Å². The van der Waals surface area contributed by atoms with Crippen molar-refractivity contribution in [1.82, 2.24) is 24.9 Å². The number of hydrogen-bond donors (Lipinski definition) is 2. The normalized spacial score (nSPS) is 20.9. The Hall–Kier alpha value is -3.65. The van der Waals surface area contributed by atoms with Crippen LogP contribution in [-0.2, 0) is 11.2 Å². The Bertz CT molecular complexity index is 1410. The third kappa shape index (κ3) is 4.98. The smallest absolute Gasteiger partial charge is 0.326 e. The minimum Gasteiger partial charge on any atom is -0.356 e. The molecule has 6 rings (SSSR count). The van der Waals surface area contributed by atoms with E-state index in [0.29, 0.717) is 31.3 Å². The van der Waals surface area contributed by atoms with E-state index >= 15 is 0 Å². The highest BCUT2D eigenvalue weighted by Gasteiger charge is 2.32. The molecule has 8 nitrogen and oxygen atoms in total. The molecule has 8 heteroatoms. The zero-order valence-electron chi connectivity index (χ0n) is 20.9. The molecule has 0 radical (unpaired) electrons. The first kappa shape index (κ1) is 23.7. The number of aromatic amines is 1. The highest BCUT2D eigenvalue weighted by molar-refractivity contribution is 5.77. The molecule has 192 valence electrons. The van der Waals surface area contributed by atoms with Crippen molar-refractivity contribution < 1.29 is 9.32 Å². The largest absolute Gasteiger partial charge is 0.356 e. The summed E-state index contributed by atoms with van der Waals surface area (Å²) in [4.78, 5) is 30.9. The van der Waals surface area contributed by atoms with Gasteiger partial charge >= 0.3 is 5.69 Å². The molecule has 0 saturated carbocycles. The van der Waals surface area contributed by atoms with Gasteiger partial charge in [0.2, 0.25) is 5.91 Å². The molecule has 2 fully saturated rings. The van der Waals surface area contributed by atoms with Crippen LogP contribution in [0.4, 0.5) is 0 Å². The van der Waals surface area contributed by atoms with Gasteiger partial charge in [0.05, 0.1) is 16.7 Å². The molecule has 37 heavy (non-hydrogen) atoms. The molecule has 0 spiro atoms. The number of H-pyrrole nitrogens is 1. The number of hydrogen-bond acceptors (Lipinski definition) is 5. The van der Waals surface area contributed by atoms with E-state index in [-0.39, 0.29) is 17.6 Å². The van der Waals surface area contributed by atoms with E-state index in [2.05, 4.69) is 15.5 Å². The van der Waals surface area contributed by atoms with Gasteiger partial charge in [-0.2, -0.15) is 0 Å². The molecule has 2 aromatic carbocycles. The second-order valence-electron chi connectivity index (χ2n) is 10.4. The number of carbonyl (C=O) groups excluding carboxylic acids is 1. The maximum atomic E-state index is 13.3. The standard InChI is InChI=1S/C29H33N5O3/c35-28(33-14-11-24(12-15-33)34-26-9-5-4-8-25(26)31-29(34)36)17-21-10-13-30-19-22(21)16-23-18-27(37-32-23)20-6-2-1-3-7-20/h1-9,18,21-22,24,30H,10-17,19H2,(H,31,36)/t21-,22-/m0/s1. The molecule has 2 aromatic heterocycles. The number of nitrogens with one attached hydrogen (secondary N) is 2. The fourth-order valence-electron chi connectivity index (χ4n) is 6.06. The van der Waals surface area contributed by atoms with Gasteiger partial charge in [-0.25, -0.2) is 4.79 Å². The maximum absolute atomic E-state index is 13.3. The average molecular weight is 500 g/mol. The molecular weight excluding hydrogens is 466 g/mol. The summed E-state index contributed by atoms with van der Waals surface area (Å²) in [5.41, 5.74) is 3.71. The quantitative estimate of drug-likeness (QED) is 0.418. The van der Waals surface area contributed by atoms with E-state index in [1.807, 2.05) is 70.1 Å². The molecule has 2 aliphatic rings. The van der Waals surface area contributed by atoms with Gasteiger partial charge in [-0.1, -0.05) is 47.6 Å². The molecule has 0 aliphatic carbocycles. The summed E-state index contributed by atoms with van der Waals surface area (Å²) in [5.74, 6) is 1.67. The Balaban J connectivity index is 1.07. The molecule has 4 aromatic rings. The number of imidazole rings is 1. The van der Waals surface area contributed by atoms with Crippen LogP contribution in [0.2, 0.25) is 0 Å². The Labute approximate surface area is 215 Å². The molecule has 1 amide bonds. The van der Waals surface area contributed by atoms with Crippen molar-refractivity contribution in [3.8, 4) is 11.3 Å². The van der Waals surface area contributed by atoms with Gasteiger partial charge in [-0.05, 0) is 62.7 Å². The van der Waals surface area contributed by atoms with E-state index in [1.54, 1.807) is 0 Å². The fourth-order valence-corrected chi connectivity index (χ4v) is 6.06. The van der Waals surface area contributed by atoms with Crippen LogP contribution >= 0.6 is 0 Å². The predicted octanol–water partition coefficient (Wildman–Crippen LogP) is 4.01. The number of benzene rings is 2. The van der Waals surface area contributed by atoms with Gasteiger partial charge in [0.15, 0.2) is 5.76 Å². The zero-order chi connectivity index (χ0) is 25.2. The van der Waals surface area contributed by atoms with Crippen LogP contribution in [-0.4, -0.2) is 51.7 Å². The first-order chi connectivity index (χ1) is 18.2. The van der Waals surface area contributed by atoms with Crippen molar-refractivity contribution in [2.75, 3.05) is 26.2 Å². The zero-order valence-corrected chi connectivity index (χ0v) is 20.9. The minimum atomic E-state index is -0.0631. The van der Waals surface area contributed by atoms with Gasteiger partial charge in [0.25, 0.3) is 0 Å². The van der Waals surface area contributed by atoms with Gasteiger partial charge < -0.3 is 19.7 Å². The maximum Gasteiger partial charge on any atom is 0.326 e. The summed E-state index contributed by atoms with van der Waals surface area (Å²) in [6, 6.07) is 20.0. The first-order valence-electron chi connectivity index (χ1n) is 13.3. The molecular formula is C29H33N5O3. The van der Waals surface area contributed by atoms with Crippen molar-refractivity contribution in [2.24, 2.45) is 11.8 Å². The summed E-state index contributed by atoms with van der Waals surface area (Å²) < 4.78 is 7.48. The van der Waals surface area contributed by atoms with E-state index in [0.717, 1.165) is 66.8 Å². The van der Waals surface area contributed by atoms with E-state index < -0.39 is 0 Å². The predicted molar refractivity (Wildman–Crippen MR) is 142 cm³/mol. The molecule has 0 unspecified atom stereocenters. The number of aromatic nitrogens is 3. The second-order valence-corrected chi connectivity index (χ2v) is 10.4. The molecule has 4 heterocycles. The van der Waals surface area contributed by atoms with Crippen LogP contribution in [0, 0.1) is 11.8 Å². The van der Waals surface area contributed by atoms with Crippen molar-refractivity contribution >= 4 is 16.9 Å². The molecule has 2 atom stereocenters.